The second kappa shape index (κ2) is 7.42. The van der Waals surface area contributed by atoms with Crippen molar-refractivity contribution in [3.8, 4) is 0 Å². The van der Waals surface area contributed by atoms with E-state index in [-0.39, 0.29) is 24.0 Å². The van der Waals surface area contributed by atoms with Crippen LogP contribution in [0.25, 0.3) is 0 Å². The Labute approximate surface area is 127 Å². The molecule has 7 heteroatoms. The molecule has 1 atom stereocenters. The molecule has 0 aromatic heterocycles. The number of thioether (sulfide) groups is 1. The Bertz CT molecular complexity index is 523. The predicted molar refractivity (Wildman–Crippen MR) is 80.4 cm³/mol. The molecule has 0 bridgehead atoms. The van der Waals surface area contributed by atoms with E-state index >= 15 is 0 Å². The van der Waals surface area contributed by atoms with E-state index in [4.69, 9.17) is 10.8 Å². The maximum Gasteiger partial charge on any atom is 0.321 e. The number of amides is 1. The van der Waals surface area contributed by atoms with Crippen molar-refractivity contribution in [1.29, 1.82) is 0 Å². The van der Waals surface area contributed by atoms with Gasteiger partial charge in [-0.25, -0.2) is 4.39 Å². The highest BCUT2D eigenvalue weighted by atomic mass is 32.2. The monoisotopic (exact) mass is 314 g/mol. The fraction of sp³-hybridized carbons (Fsp3) is 0.429. The average molecular weight is 314 g/mol. The first kappa shape index (κ1) is 17.5. The summed E-state index contributed by atoms with van der Waals surface area (Å²) in [6.07, 6.45) is 0. The first-order valence-corrected chi connectivity index (χ1v) is 7.35. The van der Waals surface area contributed by atoms with Gasteiger partial charge in [-0.3, -0.25) is 9.59 Å². The van der Waals surface area contributed by atoms with E-state index in [0.717, 1.165) is 11.8 Å². The minimum Gasteiger partial charge on any atom is -0.480 e. The lowest BCUT2D eigenvalue weighted by atomic mass is 10.1. The molecule has 0 aliphatic rings. The molecule has 0 heterocycles. The van der Waals surface area contributed by atoms with Crippen molar-refractivity contribution < 1.29 is 19.1 Å². The average Bonchev–Trinajstić information content (AvgIpc) is 2.43. The van der Waals surface area contributed by atoms with Crippen LogP contribution in [-0.2, 0) is 16.1 Å². The molecule has 1 rings (SSSR count). The number of carboxylic acid groups (broad SMARTS) is 1. The van der Waals surface area contributed by atoms with Crippen LogP contribution < -0.4 is 11.1 Å². The minimum atomic E-state index is -1.11. The fourth-order valence-electron chi connectivity index (χ4n) is 1.53. The van der Waals surface area contributed by atoms with Gasteiger partial charge in [-0.1, -0.05) is 18.2 Å². The molecular formula is C14H19FN2O3S. The van der Waals surface area contributed by atoms with Crippen LogP contribution >= 0.6 is 11.8 Å². The number of benzene rings is 1. The number of carbonyl (C=O) groups excluding carboxylic acids is 1. The number of hydrogen-bond donors (Lipinski definition) is 3. The molecule has 5 nitrogen and oxygen atoms in total. The van der Waals surface area contributed by atoms with Crippen molar-refractivity contribution >= 4 is 23.6 Å². The number of carboxylic acids is 1. The van der Waals surface area contributed by atoms with Gasteiger partial charge in [0.15, 0.2) is 0 Å². The highest BCUT2D eigenvalue weighted by Gasteiger charge is 2.33. The van der Waals surface area contributed by atoms with E-state index in [1.165, 1.54) is 6.07 Å². The van der Waals surface area contributed by atoms with Gasteiger partial charge in [-0.2, -0.15) is 0 Å². The van der Waals surface area contributed by atoms with Crippen LogP contribution in [-0.4, -0.2) is 33.5 Å². The Kier molecular flexibility index (Phi) is 6.17. The van der Waals surface area contributed by atoms with E-state index in [1.807, 2.05) is 0 Å². The van der Waals surface area contributed by atoms with E-state index < -0.39 is 16.8 Å². The van der Waals surface area contributed by atoms with Gasteiger partial charge in [0.25, 0.3) is 0 Å². The Balaban J connectivity index is 2.45. The van der Waals surface area contributed by atoms with Gasteiger partial charge >= 0.3 is 5.97 Å². The molecule has 116 valence electrons. The number of halogens is 1. The summed E-state index contributed by atoms with van der Waals surface area (Å²) in [5.74, 6) is -1.73. The molecule has 1 aromatic carbocycles. The molecule has 0 saturated heterocycles. The molecule has 0 aliphatic carbocycles. The highest BCUT2D eigenvalue weighted by Crippen LogP contribution is 2.27. The summed E-state index contributed by atoms with van der Waals surface area (Å²) in [4.78, 5) is 22.6. The van der Waals surface area contributed by atoms with Gasteiger partial charge in [0.2, 0.25) is 5.91 Å². The molecule has 0 saturated carbocycles. The summed E-state index contributed by atoms with van der Waals surface area (Å²) in [5, 5.41) is 11.5. The van der Waals surface area contributed by atoms with Crippen LogP contribution in [0.4, 0.5) is 4.39 Å². The predicted octanol–water partition coefficient (Wildman–Crippen LogP) is 1.37. The Morgan fingerprint density at radius 3 is 2.62 bits per heavy atom. The normalized spacial score (nSPS) is 12.8. The Morgan fingerprint density at radius 1 is 1.43 bits per heavy atom. The smallest absolute Gasteiger partial charge is 0.321 e. The first-order chi connectivity index (χ1) is 9.74. The fourth-order valence-corrected chi connectivity index (χ4v) is 2.41. The van der Waals surface area contributed by atoms with E-state index in [9.17, 15) is 14.0 Å². The molecule has 0 spiro atoms. The molecule has 1 aromatic rings. The van der Waals surface area contributed by atoms with Gasteiger partial charge in [-0.05, 0) is 19.9 Å². The van der Waals surface area contributed by atoms with Crippen molar-refractivity contribution in [3.63, 3.8) is 0 Å². The quantitative estimate of drug-likeness (QED) is 0.707. The van der Waals surface area contributed by atoms with Crippen molar-refractivity contribution in [2.45, 2.75) is 31.2 Å². The van der Waals surface area contributed by atoms with Crippen molar-refractivity contribution in [2.24, 2.45) is 5.73 Å². The second-order valence-corrected chi connectivity index (χ2v) is 6.71. The third-order valence-corrected chi connectivity index (χ3v) is 4.43. The number of carbonyl (C=O) groups is 2. The van der Waals surface area contributed by atoms with Crippen LogP contribution in [0.5, 0.6) is 0 Å². The zero-order valence-corrected chi connectivity index (χ0v) is 12.7. The summed E-state index contributed by atoms with van der Waals surface area (Å²) >= 11 is 1.15. The van der Waals surface area contributed by atoms with E-state index in [0.29, 0.717) is 5.56 Å². The number of aliphatic carboxylic acids is 1. The van der Waals surface area contributed by atoms with Crippen LogP contribution in [0.15, 0.2) is 24.3 Å². The Morgan fingerprint density at radius 2 is 2.05 bits per heavy atom. The van der Waals surface area contributed by atoms with Gasteiger partial charge in [0, 0.05) is 16.9 Å². The van der Waals surface area contributed by atoms with Gasteiger partial charge < -0.3 is 16.2 Å². The third kappa shape index (κ3) is 5.35. The summed E-state index contributed by atoms with van der Waals surface area (Å²) < 4.78 is 12.6. The molecular weight excluding hydrogens is 295 g/mol. The summed E-state index contributed by atoms with van der Waals surface area (Å²) in [6, 6.07) is 5.11. The summed E-state index contributed by atoms with van der Waals surface area (Å²) in [5.41, 5.74) is 5.96. The number of nitrogens with one attached hydrogen (secondary N) is 1. The summed E-state index contributed by atoms with van der Waals surface area (Å²) in [6.45, 7) is 3.43. The molecule has 0 radical (unpaired) electrons. The minimum absolute atomic E-state index is 0.0580. The molecule has 0 fully saturated rings. The standard InChI is InChI=1S/C14H19FN2O3S/c1-14(2,12(16)13(19)20)21-8-11(18)17-7-9-5-3-4-6-10(9)15/h3-6,12H,7-8,16H2,1-2H3,(H,17,18)(H,19,20)/t12-/m0/s1. The number of nitrogens with two attached hydrogens (primary N) is 1. The topological polar surface area (TPSA) is 92.4 Å². The van der Waals surface area contributed by atoms with Gasteiger partial charge in [0.1, 0.15) is 11.9 Å². The molecule has 0 unspecified atom stereocenters. The third-order valence-electron chi connectivity index (χ3n) is 3.02. The first-order valence-electron chi connectivity index (χ1n) is 6.36. The SMILES string of the molecule is CC(C)(SCC(=O)NCc1ccccc1F)[C@@H](N)C(=O)O. The van der Waals surface area contributed by atoms with Crippen molar-refractivity contribution in [3.05, 3.63) is 35.6 Å². The van der Waals surface area contributed by atoms with E-state index in [2.05, 4.69) is 5.32 Å². The van der Waals surface area contributed by atoms with Crippen LogP contribution in [0, 0.1) is 5.82 Å². The molecule has 4 N–H and O–H groups in total. The summed E-state index contributed by atoms with van der Waals surface area (Å²) in [7, 11) is 0. The van der Waals surface area contributed by atoms with Crippen molar-refractivity contribution in [1.82, 2.24) is 5.32 Å². The Hall–Kier alpha value is -1.60. The van der Waals surface area contributed by atoms with E-state index in [1.54, 1.807) is 32.0 Å². The van der Waals surface area contributed by atoms with Crippen LogP contribution in [0.2, 0.25) is 0 Å². The maximum absolute atomic E-state index is 13.4. The highest BCUT2D eigenvalue weighted by molar-refractivity contribution is 8.01. The molecule has 1 amide bonds. The largest absolute Gasteiger partial charge is 0.480 e. The number of rotatable bonds is 7. The lowest BCUT2D eigenvalue weighted by Crippen LogP contribution is -2.47. The zero-order valence-electron chi connectivity index (χ0n) is 11.9. The van der Waals surface area contributed by atoms with Gasteiger partial charge in [0.05, 0.1) is 5.75 Å². The lowest BCUT2D eigenvalue weighted by molar-refractivity contribution is -0.139. The maximum atomic E-state index is 13.4. The molecule has 21 heavy (non-hydrogen) atoms. The zero-order chi connectivity index (χ0) is 16.0. The molecule has 0 aliphatic heterocycles. The van der Waals surface area contributed by atoms with Crippen molar-refractivity contribution in [2.75, 3.05) is 5.75 Å². The van der Waals surface area contributed by atoms with Crippen LogP contribution in [0.3, 0.4) is 0 Å². The second-order valence-electron chi connectivity index (χ2n) is 5.08. The van der Waals surface area contributed by atoms with Gasteiger partial charge in [-0.15, -0.1) is 11.8 Å². The number of hydrogen-bond acceptors (Lipinski definition) is 4. The lowest BCUT2D eigenvalue weighted by Gasteiger charge is -2.27. The van der Waals surface area contributed by atoms with Crippen LogP contribution in [0.1, 0.15) is 19.4 Å².